The Labute approximate surface area is 142 Å². The lowest BCUT2D eigenvalue weighted by molar-refractivity contribution is -0.122. The van der Waals surface area contributed by atoms with Gasteiger partial charge in [0.2, 0.25) is 5.91 Å². The van der Waals surface area contributed by atoms with Gasteiger partial charge in [0.1, 0.15) is 0 Å². The van der Waals surface area contributed by atoms with Crippen molar-refractivity contribution in [2.45, 2.75) is 31.5 Å². The van der Waals surface area contributed by atoms with Gasteiger partial charge in [0.05, 0.1) is 24.9 Å². The molecule has 5 nitrogen and oxygen atoms in total. The van der Waals surface area contributed by atoms with Crippen molar-refractivity contribution in [1.82, 2.24) is 15.2 Å². The maximum Gasteiger partial charge on any atom is 0.234 e. The lowest BCUT2D eigenvalue weighted by Crippen LogP contribution is -2.40. The summed E-state index contributed by atoms with van der Waals surface area (Å²) in [6.07, 6.45) is 3.33. The highest BCUT2D eigenvalue weighted by Gasteiger charge is 2.31. The first-order valence-corrected chi connectivity index (χ1v) is 8.36. The predicted octanol–water partition coefficient (Wildman–Crippen LogP) is 1.90. The van der Waals surface area contributed by atoms with E-state index < -0.39 is 6.10 Å². The molecule has 24 heavy (non-hydrogen) atoms. The van der Waals surface area contributed by atoms with Gasteiger partial charge in [-0.3, -0.25) is 14.7 Å². The van der Waals surface area contributed by atoms with E-state index in [1.165, 1.54) is 0 Å². The van der Waals surface area contributed by atoms with Crippen LogP contribution in [0.3, 0.4) is 0 Å². The van der Waals surface area contributed by atoms with Gasteiger partial charge in [-0.25, -0.2) is 0 Å². The number of amides is 1. The van der Waals surface area contributed by atoms with Crippen molar-refractivity contribution in [3.05, 3.63) is 66.0 Å². The number of pyridine rings is 1. The third-order valence-corrected chi connectivity index (χ3v) is 4.19. The van der Waals surface area contributed by atoms with Crippen molar-refractivity contribution in [3.63, 3.8) is 0 Å². The molecular formula is C19H23N3O2. The van der Waals surface area contributed by atoms with E-state index in [0.29, 0.717) is 25.7 Å². The molecule has 1 atom stereocenters. The Morgan fingerprint density at radius 3 is 2.62 bits per heavy atom. The number of benzene rings is 1. The first-order chi connectivity index (χ1) is 11.7. The summed E-state index contributed by atoms with van der Waals surface area (Å²) in [4.78, 5) is 18.5. The highest BCUT2D eigenvalue weighted by Crippen LogP contribution is 2.28. The third-order valence-electron chi connectivity index (χ3n) is 4.19. The van der Waals surface area contributed by atoms with Crippen LogP contribution in [0.15, 0.2) is 54.7 Å². The van der Waals surface area contributed by atoms with Gasteiger partial charge in [0, 0.05) is 18.8 Å². The fraction of sp³-hybridized carbons (Fsp3) is 0.368. The molecule has 1 amide bonds. The zero-order valence-corrected chi connectivity index (χ0v) is 13.6. The fourth-order valence-corrected chi connectivity index (χ4v) is 2.72. The van der Waals surface area contributed by atoms with Crippen molar-refractivity contribution >= 4 is 5.91 Å². The number of aromatic nitrogens is 1. The van der Waals surface area contributed by atoms with Crippen molar-refractivity contribution in [3.8, 4) is 0 Å². The maximum atomic E-state index is 12.2. The summed E-state index contributed by atoms with van der Waals surface area (Å²) in [6, 6.07) is 15.6. The van der Waals surface area contributed by atoms with E-state index in [2.05, 4.69) is 15.2 Å². The van der Waals surface area contributed by atoms with Crippen molar-refractivity contribution < 1.29 is 9.90 Å². The third kappa shape index (κ3) is 4.88. The van der Waals surface area contributed by atoms with E-state index in [9.17, 15) is 9.90 Å². The SMILES string of the molecule is O=C(CN(C[C@H](O)c1ccccc1)C1CC1)NCc1ccccn1. The quantitative estimate of drug-likeness (QED) is 0.778. The molecule has 1 aromatic heterocycles. The summed E-state index contributed by atoms with van der Waals surface area (Å²) < 4.78 is 0. The highest BCUT2D eigenvalue weighted by molar-refractivity contribution is 5.78. The van der Waals surface area contributed by atoms with E-state index in [-0.39, 0.29) is 5.91 Å². The molecule has 1 heterocycles. The standard InChI is InChI=1S/C19H23N3O2/c23-18(15-6-2-1-3-7-15)13-22(17-9-10-17)14-19(24)21-12-16-8-4-5-11-20-16/h1-8,11,17-18,23H,9-10,12-14H2,(H,21,24)/t18-/m0/s1. The van der Waals surface area contributed by atoms with Crippen molar-refractivity contribution in [1.29, 1.82) is 0 Å². The number of hydrogen-bond donors (Lipinski definition) is 2. The molecule has 1 aliphatic rings. The molecule has 3 rings (SSSR count). The molecule has 2 N–H and O–H groups in total. The molecular weight excluding hydrogens is 302 g/mol. The van der Waals surface area contributed by atoms with Crippen LogP contribution in [0, 0.1) is 0 Å². The lowest BCUT2D eigenvalue weighted by atomic mass is 10.1. The normalized spacial score (nSPS) is 15.2. The average molecular weight is 325 g/mol. The minimum atomic E-state index is -0.574. The molecule has 0 radical (unpaired) electrons. The Kier molecular flexibility index (Phi) is 5.56. The van der Waals surface area contributed by atoms with Crippen LogP contribution in [-0.4, -0.2) is 40.0 Å². The van der Waals surface area contributed by atoms with Crippen LogP contribution in [-0.2, 0) is 11.3 Å². The monoisotopic (exact) mass is 325 g/mol. The van der Waals surface area contributed by atoms with Gasteiger partial charge in [-0.1, -0.05) is 36.4 Å². The second-order valence-corrected chi connectivity index (χ2v) is 6.18. The van der Waals surface area contributed by atoms with Gasteiger partial charge in [0.15, 0.2) is 0 Å². The topological polar surface area (TPSA) is 65.5 Å². The van der Waals surface area contributed by atoms with Crippen molar-refractivity contribution in [2.24, 2.45) is 0 Å². The number of carbonyl (C=O) groups excluding carboxylic acids is 1. The summed E-state index contributed by atoms with van der Waals surface area (Å²) in [5.74, 6) is -0.0344. The van der Waals surface area contributed by atoms with E-state index in [0.717, 1.165) is 24.1 Å². The first-order valence-electron chi connectivity index (χ1n) is 8.36. The number of aliphatic hydroxyl groups excluding tert-OH is 1. The molecule has 0 bridgehead atoms. The van der Waals surface area contributed by atoms with Gasteiger partial charge in [0.25, 0.3) is 0 Å². The number of hydrogen-bond acceptors (Lipinski definition) is 4. The van der Waals surface area contributed by atoms with Crippen LogP contribution in [0.4, 0.5) is 0 Å². The molecule has 0 aliphatic heterocycles. The van der Waals surface area contributed by atoms with E-state index in [4.69, 9.17) is 0 Å². The second kappa shape index (κ2) is 8.04. The fourth-order valence-electron chi connectivity index (χ4n) is 2.72. The molecule has 126 valence electrons. The van der Waals surface area contributed by atoms with Crippen LogP contribution in [0.5, 0.6) is 0 Å². The lowest BCUT2D eigenvalue weighted by Gasteiger charge is -2.24. The predicted molar refractivity (Wildman–Crippen MR) is 92.1 cm³/mol. The van der Waals surface area contributed by atoms with Crippen LogP contribution >= 0.6 is 0 Å². The smallest absolute Gasteiger partial charge is 0.234 e. The average Bonchev–Trinajstić information content (AvgIpc) is 3.46. The molecule has 1 fully saturated rings. The summed E-state index contributed by atoms with van der Waals surface area (Å²) >= 11 is 0. The minimum Gasteiger partial charge on any atom is -0.387 e. The zero-order valence-electron chi connectivity index (χ0n) is 13.6. The second-order valence-electron chi connectivity index (χ2n) is 6.18. The Bertz CT molecular complexity index is 644. The van der Waals surface area contributed by atoms with Crippen LogP contribution < -0.4 is 5.32 Å². The Morgan fingerprint density at radius 2 is 1.96 bits per heavy atom. The minimum absolute atomic E-state index is 0.0344. The van der Waals surface area contributed by atoms with Gasteiger partial charge in [-0.15, -0.1) is 0 Å². The summed E-state index contributed by atoms with van der Waals surface area (Å²) in [5, 5.41) is 13.3. The molecule has 0 saturated heterocycles. The number of carbonyl (C=O) groups is 1. The van der Waals surface area contributed by atoms with Crippen LogP contribution in [0.25, 0.3) is 0 Å². The highest BCUT2D eigenvalue weighted by atomic mass is 16.3. The summed E-state index contributed by atoms with van der Waals surface area (Å²) in [7, 11) is 0. The van der Waals surface area contributed by atoms with E-state index >= 15 is 0 Å². The van der Waals surface area contributed by atoms with E-state index in [1.807, 2.05) is 48.5 Å². The molecule has 1 saturated carbocycles. The number of aliphatic hydroxyl groups is 1. The summed E-state index contributed by atoms with van der Waals surface area (Å²) in [6.45, 7) is 1.21. The molecule has 2 aromatic rings. The number of rotatable bonds is 8. The molecule has 1 aliphatic carbocycles. The molecule has 0 spiro atoms. The Balaban J connectivity index is 1.51. The van der Waals surface area contributed by atoms with Crippen molar-refractivity contribution in [2.75, 3.05) is 13.1 Å². The molecule has 0 unspecified atom stereocenters. The van der Waals surface area contributed by atoms with Crippen LogP contribution in [0.2, 0.25) is 0 Å². The van der Waals surface area contributed by atoms with Gasteiger partial charge < -0.3 is 10.4 Å². The first kappa shape index (κ1) is 16.6. The van der Waals surface area contributed by atoms with Gasteiger partial charge in [-0.2, -0.15) is 0 Å². The largest absolute Gasteiger partial charge is 0.387 e. The van der Waals surface area contributed by atoms with Crippen LogP contribution in [0.1, 0.15) is 30.2 Å². The molecule has 5 heteroatoms. The van der Waals surface area contributed by atoms with Gasteiger partial charge in [-0.05, 0) is 30.5 Å². The zero-order chi connectivity index (χ0) is 16.8. The van der Waals surface area contributed by atoms with E-state index in [1.54, 1.807) is 6.20 Å². The number of nitrogens with zero attached hydrogens (tertiary/aromatic N) is 2. The number of nitrogens with one attached hydrogen (secondary N) is 1. The maximum absolute atomic E-state index is 12.2. The summed E-state index contributed by atoms with van der Waals surface area (Å²) in [5.41, 5.74) is 1.73. The Morgan fingerprint density at radius 1 is 1.21 bits per heavy atom. The van der Waals surface area contributed by atoms with Gasteiger partial charge >= 0.3 is 0 Å². The molecule has 1 aromatic carbocycles. The Hall–Kier alpha value is -2.24.